The lowest BCUT2D eigenvalue weighted by atomic mass is 9.98. The van der Waals surface area contributed by atoms with Crippen LogP contribution in [0.5, 0.6) is 0 Å². The number of hydrogen-bond acceptors (Lipinski definition) is 4. The van der Waals surface area contributed by atoms with Gasteiger partial charge in [-0.2, -0.15) is 0 Å². The zero-order valence-corrected chi connectivity index (χ0v) is 17.5. The van der Waals surface area contributed by atoms with Gasteiger partial charge in [0.05, 0.1) is 12.2 Å². The van der Waals surface area contributed by atoms with Crippen molar-refractivity contribution in [3.63, 3.8) is 0 Å². The molecule has 1 aromatic carbocycles. The number of hydrogen-bond donors (Lipinski definition) is 1. The molecule has 3 rings (SSSR count). The summed E-state index contributed by atoms with van der Waals surface area (Å²) in [5.74, 6) is 0.0843. The van der Waals surface area contributed by atoms with Gasteiger partial charge in [0.1, 0.15) is 0 Å². The number of carbonyl (C=O) groups excluding carboxylic acids is 2. The molecule has 1 saturated heterocycles. The number of carbonyl (C=O) groups is 2. The van der Waals surface area contributed by atoms with Crippen LogP contribution in [0.3, 0.4) is 0 Å². The van der Waals surface area contributed by atoms with Crippen molar-refractivity contribution in [2.24, 2.45) is 0 Å². The van der Waals surface area contributed by atoms with E-state index < -0.39 is 0 Å². The average Bonchev–Trinajstić information content (AvgIpc) is 3.02. The number of nitrogens with zero attached hydrogens (tertiary/aromatic N) is 2. The Kier molecular flexibility index (Phi) is 7.53. The van der Waals surface area contributed by atoms with Gasteiger partial charge in [0.15, 0.2) is 5.78 Å². The predicted molar refractivity (Wildman–Crippen MR) is 115 cm³/mol. The minimum atomic E-state index is 0.0415. The van der Waals surface area contributed by atoms with E-state index in [4.69, 9.17) is 0 Å². The number of Topliss-reactive ketones (excluding diaryl/α,β-unsaturated/α-hetero) is 1. The van der Waals surface area contributed by atoms with Crippen molar-refractivity contribution in [1.82, 2.24) is 15.2 Å². The monoisotopic (exact) mass is 393 g/mol. The highest BCUT2D eigenvalue weighted by Gasteiger charge is 2.25. The maximum Gasteiger partial charge on any atom is 0.223 e. The summed E-state index contributed by atoms with van der Waals surface area (Å²) in [6.07, 6.45) is 5.21. The van der Waals surface area contributed by atoms with Gasteiger partial charge in [-0.1, -0.05) is 23.8 Å². The normalized spacial score (nSPS) is 16.8. The number of ketones is 1. The third kappa shape index (κ3) is 5.97. The Morgan fingerprint density at radius 1 is 1.10 bits per heavy atom. The molecule has 1 unspecified atom stereocenters. The first kappa shape index (κ1) is 21.2. The fourth-order valence-electron chi connectivity index (χ4n) is 3.93. The van der Waals surface area contributed by atoms with Crippen molar-refractivity contribution in [1.29, 1.82) is 0 Å². The van der Waals surface area contributed by atoms with E-state index >= 15 is 0 Å². The van der Waals surface area contributed by atoms with Crippen molar-refractivity contribution in [3.05, 3.63) is 65.0 Å². The third-order valence-electron chi connectivity index (χ3n) is 5.62. The smallest absolute Gasteiger partial charge is 0.223 e. The number of rotatable bonds is 7. The van der Waals surface area contributed by atoms with Gasteiger partial charge in [-0.3, -0.25) is 14.6 Å². The van der Waals surface area contributed by atoms with Crippen LogP contribution in [0.4, 0.5) is 0 Å². The Bertz CT molecular complexity index is 827. The highest BCUT2D eigenvalue weighted by molar-refractivity contribution is 5.99. The van der Waals surface area contributed by atoms with Gasteiger partial charge in [-0.05, 0) is 70.0 Å². The molecule has 1 aliphatic heterocycles. The summed E-state index contributed by atoms with van der Waals surface area (Å²) < 4.78 is 0. The summed E-state index contributed by atoms with van der Waals surface area (Å²) in [4.78, 5) is 32.3. The highest BCUT2D eigenvalue weighted by Crippen LogP contribution is 2.19. The molecule has 5 heteroatoms. The molecular weight excluding hydrogens is 362 g/mol. The Hall–Kier alpha value is -2.53. The molecule has 1 aromatic heterocycles. The summed E-state index contributed by atoms with van der Waals surface area (Å²) >= 11 is 0. The van der Waals surface area contributed by atoms with Gasteiger partial charge in [0, 0.05) is 30.6 Å². The van der Waals surface area contributed by atoms with E-state index in [1.807, 2.05) is 55.1 Å². The maximum atomic E-state index is 13.2. The van der Waals surface area contributed by atoms with Crippen LogP contribution in [0.1, 0.15) is 59.3 Å². The molecule has 1 fully saturated rings. The number of aryl methyl sites for hydroxylation is 2. The summed E-state index contributed by atoms with van der Waals surface area (Å²) in [5.41, 5.74) is 3.65. The summed E-state index contributed by atoms with van der Waals surface area (Å²) in [6.45, 7) is 6.34. The minimum Gasteiger partial charge on any atom is -0.334 e. The number of amides is 1. The van der Waals surface area contributed by atoms with Crippen molar-refractivity contribution in [2.75, 3.05) is 13.1 Å². The molecule has 0 spiro atoms. The van der Waals surface area contributed by atoms with Crippen LogP contribution in [-0.4, -0.2) is 40.7 Å². The third-order valence-corrected chi connectivity index (χ3v) is 5.62. The molecule has 2 heterocycles. The van der Waals surface area contributed by atoms with Crippen LogP contribution in [0.25, 0.3) is 0 Å². The van der Waals surface area contributed by atoms with Gasteiger partial charge >= 0.3 is 0 Å². The van der Waals surface area contributed by atoms with Crippen molar-refractivity contribution < 1.29 is 9.59 Å². The minimum absolute atomic E-state index is 0.0415. The van der Waals surface area contributed by atoms with E-state index in [0.717, 1.165) is 54.7 Å². The fourth-order valence-corrected chi connectivity index (χ4v) is 3.93. The molecule has 1 amide bonds. The van der Waals surface area contributed by atoms with Crippen LogP contribution in [0, 0.1) is 13.8 Å². The van der Waals surface area contributed by atoms with Crippen molar-refractivity contribution in [3.8, 4) is 0 Å². The summed E-state index contributed by atoms with van der Waals surface area (Å²) in [7, 11) is 0. The Labute approximate surface area is 173 Å². The second-order valence-corrected chi connectivity index (χ2v) is 7.92. The highest BCUT2D eigenvalue weighted by atomic mass is 16.2. The molecule has 0 bridgehead atoms. The average molecular weight is 394 g/mol. The SMILES string of the molecule is Cc1ccc(C)c(C(=O)CCC(=O)N(Cc2ccccn2)C2CCCNCC2)c1. The molecule has 1 N–H and O–H groups in total. The van der Waals surface area contributed by atoms with Crippen LogP contribution in [-0.2, 0) is 11.3 Å². The molecular formula is C24H31N3O2. The molecule has 29 heavy (non-hydrogen) atoms. The zero-order valence-electron chi connectivity index (χ0n) is 17.5. The maximum absolute atomic E-state index is 13.2. The number of nitrogens with one attached hydrogen (secondary N) is 1. The molecule has 5 nitrogen and oxygen atoms in total. The molecule has 0 radical (unpaired) electrons. The number of aromatic nitrogens is 1. The number of pyridine rings is 1. The lowest BCUT2D eigenvalue weighted by Gasteiger charge is -2.31. The van der Waals surface area contributed by atoms with Crippen LogP contribution < -0.4 is 5.32 Å². The van der Waals surface area contributed by atoms with Gasteiger partial charge in [-0.25, -0.2) is 0 Å². The lowest BCUT2D eigenvalue weighted by Crippen LogP contribution is -2.40. The second-order valence-electron chi connectivity index (χ2n) is 7.92. The van der Waals surface area contributed by atoms with Crippen molar-refractivity contribution in [2.45, 2.75) is 58.5 Å². The Morgan fingerprint density at radius 2 is 1.97 bits per heavy atom. The molecule has 2 aromatic rings. The van der Waals surface area contributed by atoms with Crippen LogP contribution >= 0.6 is 0 Å². The Balaban J connectivity index is 1.70. The first-order valence-electron chi connectivity index (χ1n) is 10.5. The molecule has 0 saturated carbocycles. The van der Waals surface area contributed by atoms with E-state index in [9.17, 15) is 9.59 Å². The molecule has 0 aliphatic carbocycles. The predicted octanol–water partition coefficient (Wildman–Crippen LogP) is 3.83. The second kappa shape index (κ2) is 10.3. The molecule has 1 aliphatic rings. The fraction of sp³-hybridized carbons (Fsp3) is 0.458. The largest absolute Gasteiger partial charge is 0.334 e. The van der Waals surface area contributed by atoms with E-state index in [1.165, 1.54) is 0 Å². The van der Waals surface area contributed by atoms with Gasteiger partial charge in [0.25, 0.3) is 0 Å². The van der Waals surface area contributed by atoms with Gasteiger partial charge in [-0.15, -0.1) is 0 Å². The van der Waals surface area contributed by atoms with E-state index in [-0.39, 0.29) is 30.6 Å². The van der Waals surface area contributed by atoms with E-state index in [0.29, 0.717) is 6.54 Å². The standard InChI is InChI=1S/C24H31N3O2/c1-18-8-9-19(2)22(16-18)23(28)10-11-24(29)27(17-20-6-3-4-14-26-20)21-7-5-13-25-15-12-21/h3-4,6,8-9,14,16,21,25H,5,7,10-13,15,17H2,1-2H3. The summed E-state index contributed by atoms with van der Waals surface area (Å²) in [6, 6.07) is 11.9. The first-order valence-corrected chi connectivity index (χ1v) is 10.5. The lowest BCUT2D eigenvalue weighted by molar-refractivity contribution is -0.134. The molecule has 1 atom stereocenters. The summed E-state index contributed by atoms with van der Waals surface area (Å²) in [5, 5.41) is 3.41. The van der Waals surface area contributed by atoms with Crippen LogP contribution in [0.2, 0.25) is 0 Å². The molecule has 154 valence electrons. The first-order chi connectivity index (χ1) is 14.0. The van der Waals surface area contributed by atoms with E-state index in [1.54, 1.807) is 6.20 Å². The zero-order chi connectivity index (χ0) is 20.6. The van der Waals surface area contributed by atoms with Crippen molar-refractivity contribution >= 4 is 11.7 Å². The number of benzene rings is 1. The topological polar surface area (TPSA) is 62.3 Å². The van der Waals surface area contributed by atoms with Crippen LogP contribution in [0.15, 0.2) is 42.6 Å². The van der Waals surface area contributed by atoms with E-state index in [2.05, 4.69) is 10.3 Å². The Morgan fingerprint density at radius 3 is 2.76 bits per heavy atom. The van der Waals surface area contributed by atoms with Gasteiger partial charge in [0.2, 0.25) is 5.91 Å². The van der Waals surface area contributed by atoms with Gasteiger partial charge < -0.3 is 10.2 Å². The quantitative estimate of drug-likeness (QED) is 0.726.